The van der Waals surface area contributed by atoms with Crippen LogP contribution in [0.25, 0.3) is 0 Å². The monoisotopic (exact) mass is 190 g/mol. The van der Waals surface area contributed by atoms with E-state index in [9.17, 15) is 0 Å². The van der Waals surface area contributed by atoms with Gasteiger partial charge in [-0.1, -0.05) is 14.9 Å². The molecule has 0 aliphatic rings. The van der Waals surface area contributed by atoms with Gasteiger partial charge in [-0.25, -0.2) is 0 Å². The van der Waals surface area contributed by atoms with E-state index in [1.807, 2.05) is 0 Å². The average Bonchev–Trinajstić information content (AvgIpc) is 0. The zero-order chi connectivity index (χ0) is 0. The Morgan fingerprint density at radius 2 is 0.667 bits per heavy atom. The van der Waals surface area contributed by atoms with Gasteiger partial charge >= 0.3 is 19.5 Å². The van der Waals surface area contributed by atoms with Gasteiger partial charge in [0.15, 0.2) is 0 Å². The predicted octanol–water partition coefficient (Wildman–Crippen LogP) is 2.17. The summed E-state index contributed by atoms with van der Waals surface area (Å²) in [4.78, 5) is 0. The van der Waals surface area contributed by atoms with E-state index < -0.39 is 0 Å². The normalized spacial score (nSPS) is 0. The molecule has 0 atom stereocenters. The van der Waals surface area contributed by atoms with Crippen LogP contribution in [0.1, 0.15) is 14.9 Å². The Kier molecular flexibility index (Phi) is 6550. The number of rotatable bonds is 0. The third-order valence-corrected chi connectivity index (χ3v) is 0. The maximum Gasteiger partial charge on any atom is 2.00 e. The molecule has 0 spiro atoms. The number of hydrogen-bond acceptors (Lipinski definition) is 0. The zero-order valence-electron chi connectivity index (χ0n) is 3.41. The Hall–Kier alpha value is 0.987. The quantitative estimate of drug-likeness (QED) is 0.408. The summed E-state index contributed by atoms with van der Waals surface area (Å²) in [7, 11) is 0. The molecule has 0 aromatic rings. The van der Waals surface area contributed by atoms with Crippen molar-refractivity contribution in [2.75, 3.05) is 0 Å². The summed E-state index contributed by atoms with van der Waals surface area (Å²) < 4.78 is 0. The van der Waals surface area contributed by atoms with Crippen molar-refractivity contribution in [3.63, 3.8) is 0 Å². The Bertz CT molecular complexity index is 5.51. The Balaban J connectivity index is 0. The molecule has 0 saturated heterocycles. The molecule has 2 heteroatoms. The van der Waals surface area contributed by atoms with Gasteiger partial charge in [-0.3, -0.25) is 0 Å². The van der Waals surface area contributed by atoms with E-state index in [-0.39, 0.29) is 68.7 Å². The fraction of sp³-hybridized carbons (Fsp3) is 0.500. The third kappa shape index (κ3) is 81.4. The summed E-state index contributed by atoms with van der Waals surface area (Å²) in [5, 5.41) is 0. The van der Waals surface area contributed by atoms with E-state index in [0.29, 0.717) is 0 Å². The van der Waals surface area contributed by atoms with Gasteiger partial charge in [0.05, 0.1) is 0 Å². The van der Waals surface area contributed by atoms with Crippen molar-refractivity contribution in [3.8, 4) is 0 Å². The minimum atomic E-state index is 0. The van der Waals surface area contributed by atoms with Crippen LogP contribution in [-0.4, -0.2) is 0 Å². The van der Waals surface area contributed by atoms with Crippen LogP contribution in [0.5, 0.6) is 0 Å². The van der Waals surface area contributed by atoms with E-state index in [0.717, 1.165) is 0 Å². The maximum atomic E-state index is 0. The van der Waals surface area contributed by atoms with Crippen LogP contribution < -0.4 is 0 Å². The molecule has 0 bridgehead atoms. The van der Waals surface area contributed by atoms with Gasteiger partial charge in [-0.05, 0) is 0 Å². The predicted molar refractivity (Wildman–Crippen MR) is 26.3 cm³/mol. The Morgan fingerprint density at radius 3 is 0.667 bits per heavy atom. The van der Waals surface area contributed by atoms with E-state index >= 15 is 0 Å². The van der Waals surface area contributed by atoms with Crippen molar-refractivity contribution in [2.24, 2.45) is 0 Å². The van der Waals surface area contributed by atoms with E-state index in [1.165, 1.54) is 0 Å². The van der Waals surface area contributed by atoms with Crippen molar-refractivity contribution in [2.45, 2.75) is 14.9 Å². The SMILES string of the molecule is C.C.[CH3+].[CH3+].[Zn+2].[Zn]. The molecule has 0 saturated carbocycles. The standard InChI is InChI=1S/2CH4.2CH3.2Zn/h2*1H4;2*1H3;;/q;;2*+1;;+2. The molecule has 0 aromatic carbocycles. The average molecular weight is 193 g/mol. The second-order valence-corrected chi connectivity index (χ2v) is 0. The summed E-state index contributed by atoms with van der Waals surface area (Å²) in [6, 6.07) is 0. The van der Waals surface area contributed by atoms with E-state index in [1.54, 1.807) is 0 Å². The van der Waals surface area contributed by atoms with Crippen LogP contribution in [0.2, 0.25) is 0 Å². The van der Waals surface area contributed by atoms with Crippen molar-refractivity contribution >= 4 is 0 Å². The fourth-order valence-electron chi connectivity index (χ4n) is 0. The second kappa shape index (κ2) is 153. The minimum absolute atomic E-state index is 0. The maximum absolute atomic E-state index is 0. The molecule has 0 aliphatic carbocycles. The van der Waals surface area contributed by atoms with Gasteiger partial charge in [0.1, 0.15) is 0 Å². The zero-order valence-corrected chi connectivity index (χ0v) is 9.35. The van der Waals surface area contributed by atoms with Crippen LogP contribution in [0.4, 0.5) is 0 Å². The van der Waals surface area contributed by atoms with Crippen LogP contribution in [-0.2, 0) is 39.0 Å². The summed E-state index contributed by atoms with van der Waals surface area (Å²) in [5.41, 5.74) is 0. The first-order valence-electron chi connectivity index (χ1n) is 0. The van der Waals surface area contributed by atoms with Gasteiger partial charge in [0.2, 0.25) is 0 Å². The molecule has 30 valence electrons. The topological polar surface area (TPSA) is 0 Å². The van der Waals surface area contributed by atoms with Crippen LogP contribution in [0.3, 0.4) is 0 Å². The summed E-state index contributed by atoms with van der Waals surface area (Å²) >= 11 is 0. The summed E-state index contributed by atoms with van der Waals surface area (Å²) in [6.45, 7) is 0. The Labute approximate surface area is 68.6 Å². The molecule has 0 unspecified atom stereocenters. The summed E-state index contributed by atoms with van der Waals surface area (Å²) in [6.07, 6.45) is 0. The largest absolute Gasteiger partial charge is 2.00 e. The van der Waals surface area contributed by atoms with Crippen LogP contribution in [0, 0.1) is 14.9 Å². The van der Waals surface area contributed by atoms with Crippen LogP contribution >= 0.6 is 0 Å². The molecule has 0 aromatic heterocycles. The first kappa shape index (κ1) is 257. The minimum Gasteiger partial charge on any atom is -0.0776 e. The van der Waals surface area contributed by atoms with E-state index in [4.69, 9.17) is 0 Å². The van der Waals surface area contributed by atoms with E-state index in [2.05, 4.69) is 0 Å². The van der Waals surface area contributed by atoms with Gasteiger partial charge < -0.3 is 0 Å². The molecule has 0 radical (unpaired) electrons. The number of hydrogen-bond donors (Lipinski definition) is 0. The van der Waals surface area contributed by atoms with Gasteiger partial charge in [0, 0.05) is 34.3 Å². The molecular weight excluding hydrogens is 179 g/mol. The first-order valence-corrected chi connectivity index (χ1v) is 0. The molecule has 6 heavy (non-hydrogen) atoms. The molecule has 0 amide bonds. The summed E-state index contributed by atoms with van der Waals surface area (Å²) in [5.74, 6) is 0. The fourth-order valence-corrected chi connectivity index (χ4v) is 0. The molecule has 0 rings (SSSR count). The molecule has 0 aliphatic heterocycles. The van der Waals surface area contributed by atoms with Gasteiger partial charge in [-0.15, -0.1) is 0 Å². The molecular formula is C4H14Zn2+4. The van der Waals surface area contributed by atoms with Gasteiger partial charge in [-0.2, -0.15) is 0 Å². The first-order chi connectivity index (χ1) is 0. The van der Waals surface area contributed by atoms with Crippen molar-refractivity contribution in [1.29, 1.82) is 0 Å². The molecule has 0 heterocycles. The molecule has 0 nitrogen and oxygen atoms in total. The van der Waals surface area contributed by atoms with Gasteiger partial charge in [0.25, 0.3) is 0 Å². The third-order valence-electron chi connectivity index (χ3n) is 0. The molecule has 0 N–H and O–H groups in total. The van der Waals surface area contributed by atoms with Crippen LogP contribution in [0.15, 0.2) is 0 Å². The second-order valence-electron chi connectivity index (χ2n) is 0. The van der Waals surface area contributed by atoms with Crippen molar-refractivity contribution < 1.29 is 39.0 Å². The smallest absolute Gasteiger partial charge is 0.0776 e. The van der Waals surface area contributed by atoms with Crippen molar-refractivity contribution in [3.05, 3.63) is 14.9 Å². The van der Waals surface area contributed by atoms with Crippen molar-refractivity contribution in [1.82, 2.24) is 0 Å². The Morgan fingerprint density at radius 1 is 0.667 bits per heavy atom. The molecule has 0 fully saturated rings.